The molecule has 0 spiro atoms. The fraction of sp³-hybridized carbons (Fsp3) is 0.500. The van der Waals surface area contributed by atoms with Crippen molar-refractivity contribution in [2.75, 3.05) is 13.1 Å². The summed E-state index contributed by atoms with van der Waals surface area (Å²) in [7, 11) is 0. The Morgan fingerprint density at radius 2 is 1.92 bits per heavy atom. The summed E-state index contributed by atoms with van der Waals surface area (Å²) in [5.74, 6) is -1.18. The molecule has 13 heavy (non-hydrogen) atoms. The van der Waals surface area contributed by atoms with Crippen LogP contribution in [0, 0.1) is 14.4 Å². The monoisotopic (exact) mass is 224 g/mol. The minimum absolute atomic E-state index is 0. The number of amides is 1. The third-order valence-corrected chi connectivity index (χ3v) is 1.25. The van der Waals surface area contributed by atoms with Crippen LogP contribution in [0.2, 0.25) is 0 Å². The van der Waals surface area contributed by atoms with E-state index in [9.17, 15) is 9.59 Å². The molecule has 0 unspecified atom stereocenters. The third kappa shape index (κ3) is 7.87. The third-order valence-electron chi connectivity index (χ3n) is 1.25. The number of hydrogen-bond acceptors (Lipinski definition) is 2. The van der Waals surface area contributed by atoms with Crippen LogP contribution < -0.4 is 0 Å². The van der Waals surface area contributed by atoms with Crippen LogP contribution in [0.1, 0.15) is 13.3 Å². The molecule has 0 saturated carbocycles. The molecule has 0 aromatic heterocycles. The number of carbonyl (C=O) groups is 2. The Balaban J connectivity index is -0.000000500. The summed E-state index contributed by atoms with van der Waals surface area (Å²) in [6, 6.07) is 0. The van der Waals surface area contributed by atoms with E-state index in [0.717, 1.165) is 0 Å². The van der Waals surface area contributed by atoms with E-state index in [0.29, 0.717) is 6.42 Å². The second-order valence-corrected chi connectivity index (χ2v) is 2.06. The van der Waals surface area contributed by atoms with Crippen LogP contribution >= 0.6 is 0 Å². The largest absolute Gasteiger partial charge is 2.00 e. The topological polar surface area (TPSA) is 57.6 Å². The van der Waals surface area contributed by atoms with Crippen LogP contribution in [0.15, 0.2) is 0 Å². The number of aliphatic carboxylic acids is 1. The number of carboxylic acid groups (broad SMARTS) is 1. The van der Waals surface area contributed by atoms with Crippen LogP contribution in [0.5, 0.6) is 0 Å². The number of rotatable bonds is 4. The van der Waals surface area contributed by atoms with Gasteiger partial charge in [0.1, 0.15) is 6.54 Å². The van der Waals surface area contributed by atoms with Crippen molar-refractivity contribution in [3.8, 4) is 0 Å². The van der Waals surface area contributed by atoms with Crippen LogP contribution in [-0.2, 0) is 28.1 Å². The fourth-order valence-corrected chi connectivity index (χ4v) is 0.679. The Kier molecular flexibility index (Phi) is 13.6. The standard InChI is InChI=1S/C7H12NO3.CH3.V/c1-3-6(9)8(4-2)5-7(10)11;;/h2-5H2,1H3,(H,10,11);1H3;/q2*-1;+2. The SMILES string of the molecule is [CH2-]CN(CC(=O)O)C(=O)CC.[CH3-].[V+2]. The summed E-state index contributed by atoms with van der Waals surface area (Å²) in [5, 5.41) is 8.34. The predicted octanol–water partition coefficient (Wildman–Crippen LogP) is 0.591. The van der Waals surface area contributed by atoms with Gasteiger partial charge in [0.05, 0.1) is 0 Å². The molecule has 0 aliphatic rings. The van der Waals surface area contributed by atoms with E-state index in [4.69, 9.17) is 5.11 Å². The molecule has 1 radical (unpaired) electrons. The van der Waals surface area contributed by atoms with E-state index in [-0.39, 0.29) is 45.0 Å². The Morgan fingerprint density at radius 1 is 1.46 bits per heavy atom. The van der Waals surface area contributed by atoms with Gasteiger partial charge in [0.2, 0.25) is 5.91 Å². The van der Waals surface area contributed by atoms with Crippen molar-refractivity contribution in [3.05, 3.63) is 14.4 Å². The maximum absolute atomic E-state index is 10.9. The Hall–Kier alpha value is -0.476. The van der Waals surface area contributed by atoms with Gasteiger partial charge in [0.25, 0.3) is 0 Å². The molecular formula is C8H15NO3V. The number of nitrogens with zero attached hydrogens (tertiary/aromatic N) is 1. The van der Waals surface area contributed by atoms with Gasteiger partial charge in [-0.3, -0.25) is 9.59 Å². The summed E-state index contributed by atoms with van der Waals surface area (Å²) >= 11 is 0. The molecule has 0 heterocycles. The second-order valence-electron chi connectivity index (χ2n) is 2.06. The van der Waals surface area contributed by atoms with Crippen molar-refractivity contribution in [1.82, 2.24) is 4.90 Å². The van der Waals surface area contributed by atoms with Crippen LogP contribution in [-0.4, -0.2) is 35.0 Å². The van der Waals surface area contributed by atoms with Gasteiger partial charge >= 0.3 is 24.5 Å². The first-order chi connectivity index (χ1) is 5.11. The molecule has 1 N–H and O–H groups in total. The van der Waals surface area contributed by atoms with Crippen LogP contribution in [0.3, 0.4) is 0 Å². The smallest absolute Gasteiger partial charge is 0.480 e. The maximum atomic E-state index is 10.9. The molecule has 0 aliphatic carbocycles. The first-order valence-corrected chi connectivity index (χ1v) is 3.40. The van der Waals surface area contributed by atoms with Gasteiger partial charge in [-0.15, -0.1) is 6.54 Å². The molecule has 0 aliphatic heterocycles. The minimum atomic E-state index is -1.00. The van der Waals surface area contributed by atoms with E-state index in [2.05, 4.69) is 6.92 Å². The average Bonchev–Trinajstić information content (AvgIpc) is 1.98. The zero-order chi connectivity index (χ0) is 8.85. The van der Waals surface area contributed by atoms with Crippen molar-refractivity contribution in [2.45, 2.75) is 13.3 Å². The summed E-state index contributed by atoms with van der Waals surface area (Å²) in [6.45, 7) is 5.09. The van der Waals surface area contributed by atoms with E-state index >= 15 is 0 Å². The summed E-state index contributed by atoms with van der Waals surface area (Å²) < 4.78 is 0. The van der Waals surface area contributed by atoms with Gasteiger partial charge in [-0.1, -0.05) is 6.92 Å². The molecule has 0 aromatic rings. The van der Waals surface area contributed by atoms with Crippen molar-refractivity contribution in [1.29, 1.82) is 0 Å². The summed E-state index contributed by atoms with van der Waals surface area (Å²) in [6.07, 6.45) is 0.322. The van der Waals surface area contributed by atoms with E-state index < -0.39 is 5.97 Å². The normalized spacial score (nSPS) is 7.85. The maximum Gasteiger partial charge on any atom is 2.00 e. The first kappa shape index (κ1) is 18.3. The molecule has 0 rings (SSSR count). The zero-order valence-corrected chi connectivity index (χ0v) is 9.38. The van der Waals surface area contributed by atoms with Crippen molar-refractivity contribution < 1.29 is 33.3 Å². The molecule has 0 fully saturated rings. The molecule has 5 heteroatoms. The Morgan fingerprint density at radius 3 is 2.15 bits per heavy atom. The van der Waals surface area contributed by atoms with E-state index in [1.54, 1.807) is 6.92 Å². The van der Waals surface area contributed by atoms with Crippen molar-refractivity contribution >= 4 is 11.9 Å². The van der Waals surface area contributed by atoms with E-state index in [1.165, 1.54) is 4.90 Å². The van der Waals surface area contributed by atoms with Gasteiger partial charge in [-0.2, -0.15) is 0 Å². The predicted molar refractivity (Wildman–Crippen MR) is 46.3 cm³/mol. The average molecular weight is 224 g/mol. The zero-order valence-electron chi connectivity index (χ0n) is 7.99. The minimum Gasteiger partial charge on any atom is -0.480 e. The Labute approximate surface area is 91.2 Å². The van der Waals surface area contributed by atoms with Gasteiger partial charge < -0.3 is 24.4 Å². The molecule has 75 valence electrons. The van der Waals surface area contributed by atoms with Crippen molar-refractivity contribution in [3.63, 3.8) is 0 Å². The number of carboxylic acids is 1. The molecule has 0 atom stereocenters. The van der Waals surface area contributed by atoms with Gasteiger partial charge in [0.15, 0.2) is 0 Å². The fourth-order valence-electron chi connectivity index (χ4n) is 0.679. The van der Waals surface area contributed by atoms with Gasteiger partial charge in [-0.05, 0) is 0 Å². The molecule has 0 saturated heterocycles. The molecular weight excluding hydrogens is 209 g/mol. The van der Waals surface area contributed by atoms with Gasteiger partial charge in [-0.25, -0.2) is 0 Å². The number of carbonyl (C=O) groups excluding carboxylic acids is 1. The first-order valence-electron chi connectivity index (χ1n) is 3.40. The molecule has 0 aromatic carbocycles. The van der Waals surface area contributed by atoms with Crippen LogP contribution in [0.25, 0.3) is 0 Å². The molecule has 4 nitrogen and oxygen atoms in total. The van der Waals surface area contributed by atoms with Gasteiger partial charge in [0, 0.05) is 6.42 Å². The quantitative estimate of drug-likeness (QED) is 0.711. The number of hydrogen-bond donors (Lipinski definition) is 1. The van der Waals surface area contributed by atoms with E-state index in [1.807, 2.05) is 0 Å². The van der Waals surface area contributed by atoms with Crippen molar-refractivity contribution in [2.24, 2.45) is 0 Å². The molecule has 1 amide bonds. The summed E-state index contributed by atoms with van der Waals surface area (Å²) in [5.41, 5.74) is 0. The Bertz CT molecular complexity index is 161. The van der Waals surface area contributed by atoms with Crippen LogP contribution in [0.4, 0.5) is 0 Å². The summed E-state index contributed by atoms with van der Waals surface area (Å²) in [4.78, 5) is 22.3. The molecule has 0 bridgehead atoms. The second kappa shape index (κ2) is 9.61.